The summed E-state index contributed by atoms with van der Waals surface area (Å²) in [5.41, 5.74) is -0.253. The highest BCUT2D eigenvalue weighted by molar-refractivity contribution is 6.09. The third-order valence-electron chi connectivity index (χ3n) is 4.25. The Balaban J connectivity index is 1.92. The van der Waals surface area contributed by atoms with Gasteiger partial charge >= 0.3 is 6.61 Å². The van der Waals surface area contributed by atoms with E-state index in [2.05, 4.69) is 15.2 Å². The number of aliphatic hydroxyl groups excluding tert-OH is 1. The summed E-state index contributed by atoms with van der Waals surface area (Å²) in [6.45, 7) is -3.34. The van der Waals surface area contributed by atoms with E-state index in [1.165, 1.54) is 0 Å². The zero-order valence-corrected chi connectivity index (χ0v) is 15.5. The van der Waals surface area contributed by atoms with Crippen molar-refractivity contribution in [2.75, 3.05) is 0 Å². The van der Waals surface area contributed by atoms with Gasteiger partial charge in [0, 0.05) is 5.92 Å². The molecule has 1 aliphatic carbocycles. The molecule has 1 aliphatic rings. The minimum Gasteiger partial charge on any atom is -0.434 e. The molecule has 1 atom stereocenters. The van der Waals surface area contributed by atoms with Crippen LogP contribution in [0.3, 0.4) is 0 Å². The lowest BCUT2D eigenvalue weighted by Crippen LogP contribution is -2.34. The van der Waals surface area contributed by atoms with Gasteiger partial charge in [-0.25, -0.2) is 8.78 Å². The Morgan fingerprint density at radius 2 is 1.87 bits per heavy atom. The second-order valence-electron chi connectivity index (χ2n) is 6.60. The third kappa shape index (κ3) is 5.69. The summed E-state index contributed by atoms with van der Waals surface area (Å²) in [7, 11) is 0. The van der Waals surface area contributed by atoms with Crippen molar-refractivity contribution < 1.29 is 37.0 Å². The molecule has 1 saturated carbocycles. The van der Waals surface area contributed by atoms with Gasteiger partial charge in [0.25, 0.3) is 0 Å². The number of oxime groups is 1. The van der Waals surface area contributed by atoms with Gasteiger partial charge < -0.3 is 20.0 Å². The Morgan fingerprint density at radius 1 is 1.17 bits per heavy atom. The molecule has 0 bridgehead atoms. The van der Waals surface area contributed by atoms with E-state index >= 15 is 0 Å². The van der Waals surface area contributed by atoms with E-state index in [4.69, 9.17) is 4.84 Å². The molecule has 2 aromatic rings. The topological polar surface area (TPSA) is 80.2 Å². The van der Waals surface area contributed by atoms with Crippen molar-refractivity contribution in [2.45, 2.75) is 32.2 Å². The van der Waals surface area contributed by atoms with E-state index in [9.17, 15) is 27.5 Å². The number of ether oxygens (including phenoxy) is 1. The lowest BCUT2D eigenvalue weighted by Gasteiger charge is -2.16. The Kier molecular flexibility index (Phi) is 6.88. The van der Waals surface area contributed by atoms with Crippen LogP contribution in [0.5, 0.6) is 5.75 Å². The summed E-state index contributed by atoms with van der Waals surface area (Å²) >= 11 is 0. The van der Waals surface area contributed by atoms with Crippen LogP contribution >= 0.6 is 0 Å². The van der Waals surface area contributed by atoms with Crippen molar-refractivity contribution in [3.8, 4) is 5.75 Å². The maximum atomic E-state index is 14.5. The standard InChI is InChI=1S/C20H18F4N2O4/c21-13-8-9-14(29-20(23)24)16(17(13)22)18(26-30-19(28)12-6-7-12)25-15(27)10-11-4-2-1-3-5-11/h1-5,8-9,12,19-20,28H,6-7,10H2,(H,25,26,27). The van der Waals surface area contributed by atoms with Crippen molar-refractivity contribution in [3.63, 3.8) is 0 Å². The molecule has 1 unspecified atom stereocenters. The summed E-state index contributed by atoms with van der Waals surface area (Å²) in [6.07, 6.45) is -0.143. The second-order valence-corrected chi connectivity index (χ2v) is 6.60. The number of halogens is 4. The lowest BCUT2D eigenvalue weighted by atomic mass is 10.1. The molecule has 0 spiro atoms. The number of carbonyl (C=O) groups is 1. The number of amides is 1. The van der Waals surface area contributed by atoms with Crippen LogP contribution in [0.25, 0.3) is 0 Å². The molecule has 2 aromatic carbocycles. The first-order valence-corrected chi connectivity index (χ1v) is 9.04. The fourth-order valence-corrected chi connectivity index (χ4v) is 2.61. The van der Waals surface area contributed by atoms with E-state index in [1.54, 1.807) is 30.3 Å². The molecule has 160 valence electrons. The highest BCUT2D eigenvalue weighted by atomic mass is 19.3. The summed E-state index contributed by atoms with van der Waals surface area (Å²) in [5, 5.41) is 15.6. The van der Waals surface area contributed by atoms with Gasteiger partial charge in [-0.1, -0.05) is 35.5 Å². The Hall–Kier alpha value is -3.14. The normalized spacial score (nSPS) is 15.1. The molecule has 0 aliphatic heterocycles. The van der Waals surface area contributed by atoms with Crippen LogP contribution in [-0.4, -0.2) is 29.8 Å². The number of rotatable bonds is 8. The number of amidine groups is 1. The number of nitrogens with one attached hydrogen (secondary N) is 1. The van der Waals surface area contributed by atoms with Crippen molar-refractivity contribution in [3.05, 3.63) is 65.2 Å². The fourth-order valence-electron chi connectivity index (χ4n) is 2.61. The minimum absolute atomic E-state index is 0.160. The smallest absolute Gasteiger partial charge is 0.387 e. The highest BCUT2D eigenvalue weighted by Gasteiger charge is 2.32. The van der Waals surface area contributed by atoms with Gasteiger partial charge in [-0.15, -0.1) is 0 Å². The molecular weight excluding hydrogens is 408 g/mol. The van der Waals surface area contributed by atoms with Crippen LogP contribution in [-0.2, 0) is 16.1 Å². The van der Waals surface area contributed by atoms with Gasteiger partial charge in [0.2, 0.25) is 12.2 Å². The molecule has 0 aromatic heterocycles. The number of alkyl halides is 2. The molecule has 2 N–H and O–H groups in total. The molecular formula is C20H18F4N2O4. The Morgan fingerprint density at radius 3 is 2.50 bits per heavy atom. The van der Waals surface area contributed by atoms with Gasteiger partial charge in [-0.2, -0.15) is 8.78 Å². The van der Waals surface area contributed by atoms with E-state index in [0.29, 0.717) is 24.5 Å². The molecule has 3 rings (SSSR count). The van der Waals surface area contributed by atoms with Gasteiger partial charge in [-0.05, 0) is 30.5 Å². The predicted molar refractivity (Wildman–Crippen MR) is 97.6 cm³/mol. The highest BCUT2D eigenvalue weighted by Crippen LogP contribution is 2.33. The second kappa shape index (κ2) is 9.57. The number of hydrogen-bond acceptors (Lipinski definition) is 5. The molecule has 0 radical (unpaired) electrons. The van der Waals surface area contributed by atoms with Crippen LogP contribution < -0.4 is 10.1 Å². The van der Waals surface area contributed by atoms with Crippen molar-refractivity contribution in [1.29, 1.82) is 0 Å². The zero-order chi connectivity index (χ0) is 21.7. The fraction of sp³-hybridized carbons (Fsp3) is 0.300. The maximum absolute atomic E-state index is 14.5. The SMILES string of the molecule is O=C(Cc1ccccc1)N/C(=N/OC(O)C1CC1)c1c(OC(F)F)ccc(F)c1F. The van der Waals surface area contributed by atoms with E-state index in [1.807, 2.05) is 0 Å². The third-order valence-corrected chi connectivity index (χ3v) is 4.25. The molecule has 0 saturated heterocycles. The summed E-state index contributed by atoms with van der Waals surface area (Å²) < 4.78 is 58.0. The summed E-state index contributed by atoms with van der Waals surface area (Å²) in [4.78, 5) is 17.3. The molecule has 1 amide bonds. The molecule has 10 heteroatoms. The first-order valence-electron chi connectivity index (χ1n) is 9.04. The van der Waals surface area contributed by atoms with E-state index in [-0.39, 0.29) is 12.3 Å². The first kappa shape index (κ1) is 21.6. The molecule has 30 heavy (non-hydrogen) atoms. The largest absolute Gasteiger partial charge is 0.434 e. The predicted octanol–water partition coefficient (Wildman–Crippen LogP) is 3.33. The molecule has 6 nitrogen and oxygen atoms in total. The van der Waals surface area contributed by atoms with Gasteiger partial charge in [0.1, 0.15) is 11.3 Å². The van der Waals surface area contributed by atoms with Crippen molar-refractivity contribution >= 4 is 11.7 Å². The number of nitrogens with zero attached hydrogens (tertiary/aromatic N) is 1. The monoisotopic (exact) mass is 426 g/mol. The Labute approximate surface area is 169 Å². The maximum Gasteiger partial charge on any atom is 0.387 e. The van der Waals surface area contributed by atoms with Crippen LogP contribution in [0.4, 0.5) is 17.6 Å². The van der Waals surface area contributed by atoms with Crippen molar-refractivity contribution in [1.82, 2.24) is 5.32 Å². The van der Waals surface area contributed by atoms with Crippen LogP contribution in [0, 0.1) is 17.6 Å². The lowest BCUT2D eigenvalue weighted by molar-refractivity contribution is -0.120. The number of benzene rings is 2. The van der Waals surface area contributed by atoms with Crippen molar-refractivity contribution in [2.24, 2.45) is 11.1 Å². The number of aliphatic hydroxyl groups is 1. The minimum atomic E-state index is -3.34. The van der Waals surface area contributed by atoms with E-state index in [0.717, 1.165) is 6.07 Å². The summed E-state index contributed by atoms with van der Waals surface area (Å²) in [5.74, 6) is -5.30. The molecule has 0 heterocycles. The van der Waals surface area contributed by atoms with Crippen LogP contribution in [0.15, 0.2) is 47.6 Å². The van der Waals surface area contributed by atoms with Gasteiger partial charge in [0.15, 0.2) is 17.5 Å². The van der Waals surface area contributed by atoms with E-state index < -0.39 is 47.6 Å². The average Bonchev–Trinajstić information content (AvgIpc) is 3.54. The van der Waals surface area contributed by atoms with Gasteiger partial charge in [-0.3, -0.25) is 4.79 Å². The number of hydrogen-bond donors (Lipinski definition) is 2. The quantitative estimate of drug-likeness (QED) is 0.223. The zero-order valence-electron chi connectivity index (χ0n) is 15.5. The number of carbonyl (C=O) groups excluding carboxylic acids is 1. The van der Waals surface area contributed by atoms with Crippen LogP contribution in [0.2, 0.25) is 0 Å². The Bertz CT molecular complexity index is 921. The molecule has 1 fully saturated rings. The van der Waals surface area contributed by atoms with Crippen LogP contribution in [0.1, 0.15) is 24.0 Å². The average molecular weight is 426 g/mol. The summed E-state index contributed by atoms with van der Waals surface area (Å²) in [6, 6.07) is 9.85. The first-order chi connectivity index (χ1) is 14.3. The van der Waals surface area contributed by atoms with Gasteiger partial charge in [0.05, 0.1) is 6.42 Å².